The molecule has 0 atom stereocenters. The van der Waals surface area contributed by atoms with Gasteiger partial charge in [-0.15, -0.1) is 0 Å². The van der Waals surface area contributed by atoms with Crippen LogP contribution in [0.1, 0.15) is 11.3 Å². The summed E-state index contributed by atoms with van der Waals surface area (Å²) in [5.74, 6) is -0.367. The molecule has 0 unspecified atom stereocenters. The fourth-order valence-corrected chi connectivity index (χ4v) is 3.01. The van der Waals surface area contributed by atoms with Crippen molar-refractivity contribution >= 4 is 23.8 Å². The SMILES string of the molecule is Cc1cccc(N/C(=C\C(=N)NCc2ccc(F)cc2)C2=C/C(=C(/C=N)C(N)=O)NC=C2)n1. The summed E-state index contributed by atoms with van der Waals surface area (Å²) in [5, 5.41) is 25.0. The third-order valence-corrected chi connectivity index (χ3v) is 4.65. The average Bonchev–Trinajstić information content (AvgIpc) is 2.79. The van der Waals surface area contributed by atoms with E-state index in [1.165, 1.54) is 12.1 Å². The van der Waals surface area contributed by atoms with E-state index in [0.717, 1.165) is 17.5 Å². The van der Waals surface area contributed by atoms with Gasteiger partial charge in [-0.1, -0.05) is 18.2 Å². The number of nitrogens with two attached hydrogens (primary N) is 1. The first-order valence-corrected chi connectivity index (χ1v) is 10.0. The quantitative estimate of drug-likeness (QED) is 0.211. The van der Waals surface area contributed by atoms with Crippen molar-refractivity contribution in [2.75, 3.05) is 5.32 Å². The molecule has 1 aromatic heterocycles. The number of nitrogens with one attached hydrogen (secondary N) is 5. The van der Waals surface area contributed by atoms with Crippen LogP contribution in [-0.4, -0.2) is 22.9 Å². The van der Waals surface area contributed by atoms with E-state index in [1.807, 2.05) is 19.1 Å². The fraction of sp³-hybridized carbons (Fsp3) is 0.0833. The van der Waals surface area contributed by atoms with Crippen LogP contribution in [0.4, 0.5) is 10.2 Å². The third-order valence-electron chi connectivity index (χ3n) is 4.65. The second-order valence-electron chi connectivity index (χ2n) is 7.15. The van der Waals surface area contributed by atoms with Gasteiger partial charge in [0.25, 0.3) is 5.91 Å². The lowest BCUT2D eigenvalue weighted by Crippen LogP contribution is -2.23. The highest BCUT2D eigenvalue weighted by Gasteiger charge is 2.14. The number of allylic oxidation sites excluding steroid dienone is 2. The summed E-state index contributed by atoms with van der Waals surface area (Å²) in [4.78, 5) is 16.1. The molecule has 0 radical (unpaired) electrons. The van der Waals surface area contributed by atoms with Crippen LogP contribution in [0.3, 0.4) is 0 Å². The van der Waals surface area contributed by atoms with Crippen molar-refractivity contribution in [3.05, 3.63) is 107 Å². The number of carbonyl (C=O) groups is 1. The van der Waals surface area contributed by atoms with E-state index < -0.39 is 5.91 Å². The number of pyridine rings is 1. The summed E-state index contributed by atoms with van der Waals surface area (Å²) in [5.41, 5.74) is 8.59. The van der Waals surface area contributed by atoms with Crippen molar-refractivity contribution < 1.29 is 9.18 Å². The molecule has 0 saturated carbocycles. The highest BCUT2D eigenvalue weighted by molar-refractivity contribution is 6.11. The maximum Gasteiger partial charge on any atom is 0.252 e. The molecule has 2 heterocycles. The van der Waals surface area contributed by atoms with Gasteiger partial charge in [-0.2, -0.15) is 0 Å². The zero-order chi connectivity index (χ0) is 23.8. The minimum Gasteiger partial charge on any atom is -0.366 e. The molecule has 33 heavy (non-hydrogen) atoms. The number of carbonyl (C=O) groups excluding carboxylic acids is 1. The molecular formula is C24H24FN7O. The number of aromatic nitrogens is 1. The van der Waals surface area contributed by atoms with Gasteiger partial charge in [0.1, 0.15) is 17.5 Å². The van der Waals surface area contributed by atoms with E-state index in [1.54, 1.807) is 42.6 Å². The predicted molar refractivity (Wildman–Crippen MR) is 127 cm³/mol. The van der Waals surface area contributed by atoms with Crippen LogP contribution in [0.15, 0.2) is 89.4 Å². The molecule has 2 aromatic rings. The first-order valence-electron chi connectivity index (χ1n) is 10.0. The molecule has 0 bridgehead atoms. The Morgan fingerprint density at radius 1 is 1.24 bits per heavy atom. The Balaban J connectivity index is 1.91. The minimum absolute atomic E-state index is 0.0226. The number of aryl methyl sites for hydroxylation is 1. The highest BCUT2D eigenvalue weighted by Crippen LogP contribution is 2.20. The van der Waals surface area contributed by atoms with Crippen molar-refractivity contribution in [2.24, 2.45) is 5.73 Å². The Bertz CT molecular complexity index is 1190. The van der Waals surface area contributed by atoms with Crippen molar-refractivity contribution in [2.45, 2.75) is 13.5 Å². The molecule has 1 aliphatic heterocycles. The van der Waals surface area contributed by atoms with Gasteiger partial charge in [0.2, 0.25) is 0 Å². The molecule has 1 amide bonds. The summed E-state index contributed by atoms with van der Waals surface area (Å²) in [7, 11) is 0. The molecule has 7 N–H and O–H groups in total. The van der Waals surface area contributed by atoms with E-state index in [0.29, 0.717) is 29.3 Å². The van der Waals surface area contributed by atoms with Gasteiger partial charge in [-0.25, -0.2) is 9.37 Å². The lowest BCUT2D eigenvalue weighted by molar-refractivity contribution is -0.114. The van der Waals surface area contributed by atoms with Crippen LogP contribution in [-0.2, 0) is 11.3 Å². The molecule has 0 fully saturated rings. The predicted octanol–water partition coefficient (Wildman–Crippen LogP) is 3.02. The molecular weight excluding hydrogens is 421 g/mol. The Hall–Kier alpha value is -4.53. The number of benzene rings is 1. The molecule has 8 nitrogen and oxygen atoms in total. The van der Waals surface area contributed by atoms with E-state index in [4.69, 9.17) is 16.6 Å². The summed E-state index contributed by atoms with van der Waals surface area (Å²) >= 11 is 0. The molecule has 3 rings (SSSR count). The second kappa shape index (κ2) is 10.7. The maximum absolute atomic E-state index is 13.1. The molecule has 1 aliphatic rings. The number of primary amides is 1. The highest BCUT2D eigenvalue weighted by atomic mass is 19.1. The fourth-order valence-electron chi connectivity index (χ4n) is 3.01. The number of halogens is 1. The number of hydrogen-bond acceptors (Lipinski definition) is 6. The van der Waals surface area contributed by atoms with Gasteiger partial charge in [-0.3, -0.25) is 10.2 Å². The normalized spacial score (nSPS) is 14.6. The molecule has 1 aromatic carbocycles. The first kappa shape index (κ1) is 23.1. The summed E-state index contributed by atoms with van der Waals surface area (Å²) in [6, 6.07) is 11.5. The van der Waals surface area contributed by atoms with Gasteiger partial charge in [0.05, 0.1) is 17.0 Å². The summed E-state index contributed by atoms with van der Waals surface area (Å²) in [6.07, 6.45) is 7.51. The number of amides is 1. The Morgan fingerprint density at radius 3 is 2.67 bits per heavy atom. The molecule has 168 valence electrons. The van der Waals surface area contributed by atoms with Crippen molar-refractivity contribution in [1.29, 1.82) is 10.8 Å². The standard InChI is InChI=1S/C24H24FN7O/c1-15-3-2-4-23(31-15)32-20(12-22(27)30-14-16-5-7-18(25)8-6-16)17-9-10-29-21(11-17)19(13-26)24(28)33/h2-13,26,29H,14H2,1H3,(H2,27,30)(H2,28,33)(H,31,32)/b20-12-,21-19+,26-13?. The van der Waals surface area contributed by atoms with Gasteiger partial charge >= 0.3 is 0 Å². The largest absolute Gasteiger partial charge is 0.366 e. The number of rotatable bonds is 8. The lowest BCUT2D eigenvalue weighted by Gasteiger charge is -2.18. The van der Waals surface area contributed by atoms with E-state index in [-0.39, 0.29) is 17.2 Å². The lowest BCUT2D eigenvalue weighted by atomic mass is 10.0. The second-order valence-corrected chi connectivity index (χ2v) is 7.15. The van der Waals surface area contributed by atoms with Crippen LogP contribution >= 0.6 is 0 Å². The monoisotopic (exact) mass is 445 g/mol. The topological polar surface area (TPSA) is 140 Å². The number of anilines is 1. The Morgan fingerprint density at radius 2 is 2.00 bits per heavy atom. The minimum atomic E-state index is -0.731. The van der Waals surface area contributed by atoms with Crippen molar-refractivity contribution in [1.82, 2.24) is 15.6 Å². The van der Waals surface area contributed by atoms with E-state index >= 15 is 0 Å². The summed E-state index contributed by atoms with van der Waals surface area (Å²) < 4.78 is 13.1. The molecule has 0 spiro atoms. The first-order chi connectivity index (χ1) is 15.9. The zero-order valence-corrected chi connectivity index (χ0v) is 17.9. The molecule has 0 aliphatic carbocycles. The van der Waals surface area contributed by atoms with Crippen molar-refractivity contribution in [3.8, 4) is 0 Å². The van der Waals surface area contributed by atoms with Crippen LogP contribution in [0.25, 0.3) is 0 Å². The van der Waals surface area contributed by atoms with Crippen LogP contribution in [0.2, 0.25) is 0 Å². The van der Waals surface area contributed by atoms with E-state index in [2.05, 4.69) is 20.9 Å². The number of nitrogens with zero attached hydrogens (tertiary/aromatic N) is 1. The van der Waals surface area contributed by atoms with E-state index in [9.17, 15) is 9.18 Å². The molecule has 9 heteroatoms. The number of hydrogen-bond donors (Lipinski definition) is 6. The van der Waals surface area contributed by atoms with Gasteiger partial charge < -0.3 is 27.1 Å². The Labute approximate surface area is 190 Å². The maximum atomic E-state index is 13.1. The number of dihydropyridines is 1. The van der Waals surface area contributed by atoms with Crippen LogP contribution < -0.4 is 21.7 Å². The van der Waals surface area contributed by atoms with Crippen LogP contribution in [0.5, 0.6) is 0 Å². The third kappa shape index (κ3) is 6.47. The summed E-state index contributed by atoms with van der Waals surface area (Å²) in [6.45, 7) is 2.21. The van der Waals surface area contributed by atoms with Crippen molar-refractivity contribution in [3.63, 3.8) is 0 Å². The van der Waals surface area contributed by atoms with Gasteiger partial charge in [0.15, 0.2) is 0 Å². The molecule has 0 saturated heterocycles. The smallest absolute Gasteiger partial charge is 0.252 e. The number of amidine groups is 1. The van der Waals surface area contributed by atoms with Crippen LogP contribution in [0, 0.1) is 23.6 Å². The van der Waals surface area contributed by atoms with Gasteiger partial charge in [0, 0.05) is 36.3 Å². The average molecular weight is 446 g/mol. The van der Waals surface area contributed by atoms with Gasteiger partial charge in [-0.05, 0) is 48.9 Å². The Kier molecular flexibility index (Phi) is 7.48. The zero-order valence-electron chi connectivity index (χ0n) is 17.9.